The minimum atomic E-state index is 0. The summed E-state index contributed by atoms with van der Waals surface area (Å²) in [6.45, 7) is 4.35. The van der Waals surface area contributed by atoms with Crippen molar-refractivity contribution in [3.8, 4) is 0 Å². The van der Waals surface area contributed by atoms with E-state index in [2.05, 4.69) is 51.6 Å². The number of nitrogens with one attached hydrogen (secondary N) is 1. The first-order valence-corrected chi connectivity index (χ1v) is 7.49. The standard InChI is InChI=1S/C12H19BrN2S.ClH/c1-9(15(2)11-3-4-11)6-14-7-10-5-12(13)16-8-10;/h5,8-9,11,14H,3-4,6-7H2,1-2H3;1H. The Labute approximate surface area is 122 Å². The van der Waals surface area contributed by atoms with Crippen molar-refractivity contribution in [1.82, 2.24) is 10.2 Å². The van der Waals surface area contributed by atoms with E-state index in [-0.39, 0.29) is 12.4 Å². The summed E-state index contributed by atoms with van der Waals surface area (Å²) in [5.74, 6) is 0. The van der Waals surface area contributed by atoms with Crippen LogP contribution in [-0.4, -0.2) is 30.6 Å². The zero-order valence-electron chi connectivity index (χ0n) is 10.3. The van der Waals surface area contributed by atoms with Crippen LogP contribution in [-0.2, 0) is 6.54 Å². The van der Waals surface area contributed by atoms with Crippen LogP contribution in [0.4, 0.5) is 0 Å². The van der Waals surface area contributed by atoms with Gasteiger partial charge in [0, 0.05) is 25.2 Å². The van der Waals surface area contributed by atoms with Crippen molar-refractivity contribution < 1.29 is 0 Å². The first kappa shape index (κ1) is 15.4. The molecule has 0 bridgehead atoms. The molecular weight excluding hydrogens is 320 g/mol. The second-order valence-corrected chi connectivity index (χ2v) is 6.93. The maximum Gasteiger partial charge on any atom is 0.0701 e. The van der Waals surface area contributed by atoms with Crippen molar-refractivity contribution >= 4 is 39.7 Å². The molecule has 5 heteroatoms. The Morgan fingerprint density at radius 1 is 1.59 bits per heavy atom. The van der Waals surface area contributed by atoms with Crippen LogP contribution in [0.1, 0.15) is 25.3 Å². The predicted octanol–water partition coefficient (Wildman–Crippen LogP) is 3.50. The molecule has 1 aliphatic carbocycles. The van der Waals surface area contributed by atoms with Crippen LogP contribution in [0.25, 0.3) is 0 Å². The van der Waals surface area contributed by atoms with E-state index >= 15 is 0 Å². The minimum Gasteiger partial charge on any atom is -0.311 e. The van der Waals surface area contributed by atoms with E-state index in [1.54, 1.807) is 11.3 Å². The van der Waals surface area contributed by atoms with Crippen LogP contribution < -0.4 is 5.32 Å². The van der Waals surface area contributed by atoms with Crippen LogP contribution in [0.3, 0.4) is 0 Å². The highest BCUT2D eigenvalue weighted by Crippen LogP contribution is 2.26. The quantitative estimate of drug-likeness (QED) is 0.853. The molecule has 0 radical (unpaired) electrons. The zero-order valence-corrected chi connectivity index (χ0v) is 13.5. The molecule has 0 spiro atoms. The Hall–Kier alpha value is 0.390. The van der Waals surface area contributed by atoms with Crippen molar-refractivity contribution in [2.24, 2.45) is 0 Å². The van der Waals surface area contributed by atoms with Crippen LogP contribution in [0, 0.1) is 0 Å². The second kappa shape index (κ2) is 7.10. The molecule has 1 aliphatic rings. The zero-order chi connectivity index (χ0) is 11.5. The van der Waals surface area contributed by atoms with Gasteiger partial charge in [0.15, 0.2) is 0 Å². The number of rotatable bonds is 6. The van der Waals surface area contributed by atoms with Crippen molar-refractivity contribution in [2.45, 2.75) is 38.4 Å². The summed E-state index contributed by atoms with van der Waals surface area (Å²) in [4.78, 5) is 2.50. The molecular formula is C12H20BrClN2S. The highest BCUT2D eigenvalue weighted by molar-refractivity contribution is 9.11. The lowest BCUT2D eigenvalue weighted by atomic mass is 10.2. The molecule has 1 aromatic rings. The van der Waals surface area contributed by atoms with Gasteiger partial charge in [-0.15, -0.1) is 23.7 Å². The van der Waals surface area contributed by atoms with Crippen LogP contribution in [0.2, 0.25) is 0 Å². The summed E-state index contributed by atoms with van der Waals surface area (Å²) in [5, 5.41) is 5.72. The lowest BCUT2D eigenvalue weighted by molar-refractivity contribution is 0.241. The smallest absolute Gasteiger partial charge is 0.0701 e. The fraction of sp³-hybridized carbons (Fsp3) is 0.667. The highest BCUT2D eigenvalue weighted by Gasteiger charge is 2.28. The normalized spacial score (nSPS) is 16.9. The van der Waals surface area contributed by atoms with Crippen molar-refractivity contribution in [2.75, 3.05) is 13.6 Å². The van der Waals surface area contributed by atoms with E-state index in [1.807, 2.05) is 0 Å². The Kier molecular flexibility index (Phi) is 6.45. The third-order valence-corrected chi connectivity index (χ3v) is 4.76. The van der Waals surface area contributed by atoms with E-state index in [0.717, 1.165) is 19.1 Å². The Morgan fingerprint density at radius 3 is 2.82 bits per heavy atom. The third kappa shape index (κ3) is 4.87. The fourth-order valence-corrected chi connectivity index (χ4v) is 3.06. The van der Waals surface area contributed by atoms with Crippen LogP contribution in [0.15, 0.2) is 15.2 Å². The average molecular weight is 340 g/mol. The number of hydrogen-bond donors (Lipinski definition) is 1. The Balaban J connectivity index is 0.00000144. The van der Waals surface area contributed by atoms with Gasteiger partial charge in [0.05, 0.1) is 3.79 Å². The van der Waals surface area contributed by atoms with Gasteiger partial charge in [0.25, 0.3) is 0 Å². The van der Waals surface area contributed by atoms with Gasteiger partial charge < -0.3 is 5.32 Å². The van der Waals surface area contributed by atoms with Gasteiger partial charge in [-0.3, -0.25) is 4.90 Å². The van der Waals surface area contributed by atoms with Gasteiger partial charge in [0.1, 0.15) is 0 Å². The van der Waals surface area contributed by atoms with Gasteiger partial charge in [0.2, 0.25) is 0 Å². The average Bonchev–Trinajstić information content (AvgIpc) is 3.02. The van der Waals surface area contributed by atoms with E-state index in [9.17, 15) is 0 Å². The molecule has 1 atom stereocenters. The molecule has 17 heavy (non-hydrogen) atoms. The second-order valence-electron chi connectivity index (χ2n) is 4.64. The maximum absolute atomic E-state index is 3.52. The summed E-state index contributed by atoms with van der Waals surface area (Å²) in [5.41, 5.74) is 1.37. The molecule has 1 fully saturated rings. The Bertz CT molecular complexity index is 341. The molecule has 2 nitrogen and oxygen atoms in total. The van der Waals surface area contributed by atoms with Gasteiger partial charge in [-0.25, -0.2) is 0 Å². The molecule has 0 saturated heterocycles. The molecule has 1 N–H and O–H groups in total. The van der Waals surface area contributed by atoms with Crippen LogP contribution in [0.5, 0.6) is 0 Å². The summed E-state index contributed by atoms with van der Waals surface area (Å²) >= 11 is 5.24. The maximum atomic E-state index is 3.52. The minimum absolute atomic E-state index is 0. The van der Waals surface area contributed by atoms with E-state index < -0.39 is 0 Å². The van der Waals surface area contributed by atoms with Crippen molar-refractivity contribution in [3.63, 3.8) is 0 Å². The molecule has 98 valence electrons. The summed E-state index contributed by atoms with van der Waals surface area (Å²) in [7, 11) is 2.24. The molecule has 0 aliphatic heterocycles. The SMILES string of the molecule is CC(CNCc1csc(Br)c1)N(C)C1CC1.Cl. The van der Waals surface area contributed by atoms with Gasteiger partial charge >= 0.3 is 0 Å². The Morgan fingerprint density at radius 2 is 2.29 bits per heavy atom. The van der Waals surface area contributed by atoms with Gasteiger partial charge in [-0.05, 0) is 59.8 Å². The summed E-state index contributed by atoms with van der Waals surface area (Å²) in [6, 6.07) is 3.68. The fourth-order valence-electron chi connectivity index (χ4n) is 1.85. The number of hydrogen-bond acceptors (Lipinski definition) is 3. The first-order valence-electron chi connectivity index (χ1n) is 5.82. The molecule has 1 aromatic heterocycles. The number of thiophene rings is 1. The number of nitrogens with zero attached hydrogens (tertiary/aromatic N) is 1. The topological polar surface area (TPSA) is 15.3 Å². The summed E-state index contributed by atoms with van der Waals surface area (Å²) < 4.78 is 1.22. The largest absolute Gasteiger partial charge is 0.311 e. The third-order valence-electron chi connectivity index (χ3n) is 3.21. The molecule has 0 aromatic carbocycles. The highest BCUT2D eigenvalue weighted by atomic mass is 79.9. The lowest BCUT2D eigenvalue weighted by Gasteiger charge is -2.24. The molecule has 0 amide bonds. The van der Waals surface area contributed by atoms with Crippen molar-refractivity contribution in [3.05, 3.63) is 20.8 Å². The number of likely N-dealkylation sites (N-methyl/N-ethyl adjacent to an activating group) is 1. The predicted molar refractivity (Wildman–Crippen MR) is 81.2 cm³/mol. The monoisotopic (exact) mass is 338 g/mol. The summed E-state index contributed by atoms with van der Waals surface area (Å²) in [6.07, 6.45) is 2.77. The molecule has 1 unspecified atom stereocenters. The van der Waals surface area contributed by atoms with Gasteiger partial charge in [-0.1, -0.05) is 0 Å². The van der Waals surface area contributed by atoms with E-state index in [0.29, 0.717) is 6.04 Å². The van der Waals surface area contributed by atoms with E-state index in [4.69, 9.17) is 0 Å². The lowest BCUT2D eigenvalue weighted by Crippen LogP contribution is -2.38. The van der Waals surface area contributed by atoms with E-state index in [1.165, 1.54) is 22.2 Å². The molecule has 1 heterocycles. The molecule has 2 rings (SSSR count). The number of halogens is 2. The van der Waals surface area contributed by atoms with Crippen LogP contribution >= 0.6 is 39.7 Å². The first-order chi connectivity index (χ1) is 7.66. The molecule has 1 saturated carbocycles. The van der Waals surface area contributed by atoms with Crippen molar-refractivity contribution in [1.29, 1.82) is 0 Å². The van der Waals surface area contributed by atoms with Gasteiger partial charge in [-0.2, -0.15) is 0 Å².